The molecule has 0 amide bonds. The lowest BCUT2D eigenvalue weighted by molar-refractivity contribution is -0.177. The molecule has 2 aliphatic rings. The van der Waals surface area contributed by atoms with Crippen LogP contribution in [-0.4, -0.2) is 33.6 Å². The number of anilines is 2. The maximum absolute atomic E-state index is 13.2. The summed E-state index contributed by atoms with van der Waals surface area (Å²) in [6, 6.07) is 8.01. The van der Waals surface area contributed by atoms with Crippen molar-refractivity contribution in [1.29, 1.82) is 5.26 Å². The van der Waals surface area contributed by atoms with Crippen molar-refractivity contribution < 1.29 is 18.0 Å². The first-order valence-electron chi connectivity index (χ1n) is 12.6. The van der Waals surface area contributed by atoms with Crippen molar-refractivity contribution in [2.24, 2.45) is 11.3 Å². The second-order valence-corrected chi connectivity index (χ2v) is 12.7. The number of nitrogens with one attached hydrogen (secondary N) is 2. The number of fused-ring (bicyclic) bond motifs is 2. The minimum absolute atomic E-state index is 0.0523. The van der Waals surface area contributed by atoms with E-state index in [0.29, 0.717) is 28.0 Å². The van der Waals surface area contributed by atoms with E-state index >= 15 is 0 Å². The number of hydrogen-bond acceptors (Lipinski definition) is 8. The summed E-state index contributed by atoms with van der Waals surface area (Å²) < 4.78 is 29.0. The number of hydrogen-bond donors (Lipinski definition) is 2. The number of aromatic nitrogens is 3. The van der Waals surface area contributed by atoms with Crippen LogP contribution in [0.15, 0.2) is 40.2 Å². The number of hydroxylamine groups is 1. The highest BCUT2D eigenvalue weighted by Crippen LogP contribution is 2.49. The molecule has 0 saturated heterocycles. The second-order valence-electron chi connectivity index (χ2n) is 10.9. The number of rotatable bonds is 4. The van der Waals surface area contributed by atoms with Gasteiger partial charge in [-0.1, -0.05) is 33.6 Å². The Morgan fingerprint density at radius 1 is 1.24 bits per heavy atom. The third-order valence-corrected chi connectivity index (χ3v) is 8.86. The molecule has 1 aliphatic carbocycles. The highest BCUT2D eigenvalue weighted by Gasteiger charge is 2.50. The van der Waals surface area contributed by atoms with Crippen molar-refractivity contribution in [3.63, 3.8) is 0 Å². The molecular weight excluding hydrogens is 508 g/mol. The van der Waals surface area contributed by atoms with Crippen molar-refractivity contribution >= 4 is 38.4 Å². The molecule has 5 rings (SSSR count). The first-order valence-corrected chi connectivity index (χ1v) is 14.0. The van der Waals surface area contributed by atoms with Gasteiger partial charge in [-0.05, 0) is 52.6 Å². The van der Waals surface area contributed by atoms with Crippen LogP contribution in [0.2, 0.25) is 0 Å². The monoisotopic (exact) mass is 538 g/mol. The van der Waals surface area contributed by atoms with Crippen molar-refractivity contribution in [1.82, 2.24) is 19.2 Å². The number of nitrogens with zero attached hydrogens (tertiary/aromatic N) is 4. The summed E-state index contributed by atoms with van der Waals surface area (Å²) in [5, 5.41) is 18.0. The van der Waals surface area contributed by atoms with Crippen LogP contribution >= 0.6 is 0 Å². The largest absolute Gasteiger partial charge is 0.352 e. The molecule has 1 saturated carbocycles. The SMILES string of the molecule is CC(=O)ON1C(C(C)(C)C)c2cc(Nc3nn(C4CCCCC4C#N)c4cc[nH]c(=O)c34)ccc2S1(=O)=O. The molecule has 3 unspecified atom stereocenters. The third kappa shape index (κ3) is 4.25. The summed E-state index contributed by atoms with van der Waals surface area (Å²) in [6.45, 7) is 6.75. The molecule has 12 heteroatoms. The van der Waals surface area contributed by atoms with Crippen molar-refractivity contribution in [3.8, 4) is 6.07 Å². The first-order chi connectivity index (χ1) is 17.9. The molecule has 1 fully saturated rings. The standard InChI is InChI=1S/C26H30N6O5S/c1-15(33)37-32-23(26(2,3)4)18-13-17(9-10-21(18)38(32,35)36)29-24-22-20(11-12-28-25(22)34)31(30-24)19-8-6-5-7-16(19)14-27/h9-13,16,19,23H,5-8H2,1-4H3,(H,28,34)(H,29,30). The fraction of sp³-hybridized carbons (Fsp3) is 0.462. The van der Waals surface area contributed by atoms with Gasteiger partial charge in [0.25, 0.3) is 15.6 Å². The zero-order valence-corrected chi connectivity index (χ0v) is 22.5. The lowest BCUT2D eigenvalue weighted by Gasteiger charge is -2.32. The quantitative estimate of drug-likeness (QED) is 0.499. The average molecular weight is 539 g/mol. The van der Waals surface area contributed by atoms with Gasteiger partial charge < -0.3 is 15.1 Å². The molecule has 3 aromatic rings. The minimum Gasteiger partial charge on any atom is -0.352 e. The zero-order chi connectivity index (χ0) is 27.4. The van der Waals surface area contributed by atoms with Gasteiger partial charge in [0, 0.05) is 18.8 Å². The summed E-state index contributed by atoms with van der Waals surface area (Å²) in [5.41, 5.74) is 0.690. The Morgan fingerprint density at radius 2 is 1.97 bits per heavy atom. The number of nitriles is 1. The van der Waals surface area contributed by atoms with Gasteiger partial charge in [0.1, 0.15) is 5.39 Å². The van der Waals surface area contributed by atoms with Gasteiger partial charge >= 0.3 is 5.97 Å². The van der Waals surface area contributed by atoms with Gasteiger partial charge in [-0.2, -0.15) is 10.4 Å². The fourth-order valence-electron chi connectivity index (χ4n) is 5.57. The second kappa shape index (κ2) is 9.25. The Bertz CT molecular complexity index is 1630. The number of H-pyrrole nitrogens is 1. The van der Waals surface area contributed by atoms with Gasteiger partial charge in [0.05, 0.1) is 34.5 Å². The van der Waals surface area contributed by atoms with Crippen LogP contribution in [0.5, 0.6) is 0 Å². The fourth-order valence-corrected chi connectivity index (χ4v) is 7.38. The van der Waals surface area contributed by atoms with E-state index in [-0.39, 0.29) is 22.4 Å². The summed E-state index contributed by atoms with van der Waals surface area (Å²) in [6.07, 6.45) is 5.09. The van der Waals surface area contributed by atoms with Gasteiger partial charge in [0.2, 0.25) is 0 Å². The molecule has 1 aliphatic heterocycles. The zero-order valence-electron chi connectivity index (χ0n) is 21.7. The van der Waals surface area contributed by atoms with E-state index in [9.17, 15) is 23.3 Å². The van der Waals surface area contributed by atoms with Crippen LogP contribution in [0.1, 0.15) is 71.0 Å². The van der Waals surface area contributed by atoms with Crippen molar-refractivity contribution in [3.05, 3.63) is 46.4 Å². The first kappa shape index (κ1) is 25.9. The maximum Gasteiger partial charge on any atom is 0.323 e. The molecule has 0 radical (unpaired) electrons. The molecular formula is C26H30N6O5S. The molecule has 0 spiro atoms. The Balaban J connectivity index is 1.60. The molecule has 11 nitrogen and oxygen atoms in total. The van der Waals surface area contributed by atoms with Gasteiger partial charge in [0.15, 0.2) is 5.82 Å². The summed E-state index contributed by atoms with van der Waals surface area (Å²) in [5.74, 6) is -0.623. The van der Waals surface area contributed by atoms with Crippen LogP contribution in [0.25, 0.3) is 10.9 Å². The highest BCUT2D eigenvalue weighted by atomic mass is 32.2. The van der Waals surface area contributed by atoms with Crippen LogP contribution in [0.3, 0.4) is 0 Å². The van der Waals surface area contributed by atoms with Crippen LogP contribution in [0.4, 0.5) is 11.5 Å². The van der Waals surface area contributed by atoms with Crippen molar-refractivity contribution in [2.75, 3.05) is 5.32 Å². The summed E-state index contributed by atoms with van der Waals surface area (Å²) >= 11 is 0. The molecule has 3 atom stereocenters. The van der Waals surface area contributed by atoms with Gasteiger partial charge in [-0.3, -0.25) is 14.3 Å². The normalized spacial score (nSPS) is 23.1. The molecule has 0 bridgehead atoms. The average Bonchev–Trinajstić information content (AvgIpc) is 3.31. The molecule has 3 heterocycles. The smallest absolute Gasteiger partial charge is 0.323 e. The van der Waals surface area contributed by atoms with E-state index in [1.165, 1.54) is 6.07 Å². The number of sulfonamides is 1. The van der Waals surface area contributed by atoms with Gasteiger partial charge in [-0.25, -0.2) is 8.42 Å². The predicted octanol–water partition coefficient (Wildman–Crippen LogP) is 4.29. The summed E-state index contributed by atoms with van der Waals surface area (Å²) in [7, 11) is -4.07. The number of pyridine rings is 1. The lowest BCUT2D eigenvalue weighted by atomic mass is 9.83. The minimum atomic E-state index is -4.07. The Morgan fingerprint density at radius 3 is 2.66 bits per heavy atom. The number of carbonyl (C=O) groups excluding carboxylic acids is 1. The molecule has 2 N–H and O–H groups in total. The Labute approximate surface area is 220 Å². The van der Waals surface area contributed by atoms with E-state index in [1.807, 2.05) is 20.8 Å². The van der Waals surface area contributed by atoms with Crippen LogP contribution < -0.4 is 10.9 Å². The van der Waals surface area contributed by atoms with E-state index in [4.69, 9.17) is 9.94 Å². The molecule has 2 aromatic heterocycles. The van der Waals surface area contributed by atoms with E-state index in [1.54, 1.807) is 29.1 Å². The lowest BCUT2D eigenvalue weighted by Crippen LogP contribution is -2.36. The number of carbonyl (C=O) groups is 1. The topological polar surface area (TPSA) is 150 Å². The van der Waals surface area contributed by atoms with Gasteiger partial charge in [-0.15, -0.1) is 0 Å². The van der Waals surface area contributed by atoms with E-state index in [2.05, 4.69) is 16.4 Å². The molecule has 38 heavy (non-hydrogen) atoms. The molecule has 200 valence electrons. The van der Waals surface area contributed by atoms with E-state index < -0.39 is 27.4 Å². The van der Waals surface area contributed by atoms with Crippen molar-refractivity contribution in [2.45, 2.75) is 70.4 Å². The predicted molar refractivity (Wildman–Crippen MR) is 140 cm³/mol. The summed E-state index contributed by atoms with van der Waals surface area (Å²) in [4.78, 5) is 32.6. The Hall–Kier alpha value is -3.69. The third-order valence-electron chi connectivity index (χ3n) is 7.17. The number of benzene rings is 1. The van der Waals surface area contributed by atoms with Crippen LogP contribution in [-0.2, 0) is 19.7 Å². The maximum atomic E-state index is 13.2. The van der Waals surface area contributed by atoms with E-state index in [0.717, 1.165) is 37.1 Å². The Kier molecular flexibility index (Phi) is 6.31. The highest BCUT2D eigenvalue weighted by molar-refractivity contribution is 7.89. The molecule has 1 aromatic carbocycles. The van der Waals surface area contributed by atoms with Crippen LogP contribution in [0, 0.1) is 22.7 Å². The number of aromatic amines is 1.